The third-order valence-corrected chi connectivity index (χ3v) is 3.92. The molecule has 110 valence electrons. The van der Waals surface area contributed by atoms with Crippen LogP contribution in [0.25, 0.3) is 0 Å². The van der Waals surface area contributed by atoms with Gasteiger partial charge in [0.05, 0.1) is 5.88 Å². The zero-order valence-electron chi connectivity index (χ0n) is 10.5. The molecule has 0 amide bonds. The van der Waals surface area contributed by atoms with Crippen molar-refractivity contribution in [3.63, 3.8) is 0 Å². The average Bonchev–Trinajstić information content (AvgIpc) is 3.17. The van der Waals surface area contributed by atoms with Crippen molar-refractivity contribution in [2.75, 3.05) is 5.88 Å². The smallest absolute Gasteiger partial charge is 0.159 e. The predicted molar refractivity (Wildman–Crippen MR) is 68.9 cm³/mol. The maximum atomic E-state index is 13.9. The molecule has 2 aromatic carbocycles. The van der Waals surface area contributed by atoms with Crippen LogP contribution in [0.2, 0.25) is 0 Å². The van der Waals surface area contributed by atoms with E-state index >= 15 is 0 Å². The van der Waals surface area contributed by atoms with Gasteiger partial charge in [0.25, 0.3) is 0 Å². The van der Waals surface area contributed by atoms with Crippen LogP contribution in [0.3, 0.4) is 0 Å². The Morgan fingerprint density at radius 1 is 0.952 bits per heavy atom. The summed E-state index contributed by atoms with van der Waals surface area (Å²) < 4.78 is 58.5. The molecule has 2 unspecified atom stereocenters. The van der Waals surface area contributed by atoms with Crippen LogP contribution in [0.5, 0.6) is 0 Å². The highest BCUT2D eigenvalue weighted by Gasteiger charge is 2.59. The minimum atomic E-state index is -1.19. The number of ether oxygens (including phenoxy) is 1. The highest BCUT2D eigenvalue weighted by Crippen LogP contribution is 2.58. The van der Waals surface area contributed by atoms with Gasteiger partial charge in [-0.05, 0) is 23.8 Å². The average molecular weight is 317 g/mol. The molecule has 0 spiro atoms. The molecule has 1 heterocycles. The van der Waals surface area contributed by atoms with E-state index in [0.29, 0.717) is 5.56 Å². The Hall–Kier alpha value is -1.59. The summed E-state index contributed by atoms with van der Waals surface area (Å²) in [5.41, 5.74) is -0.754. The summed E-state index contributed by atoms with van der Waals surface area (Å²) in [6.45, 7) is 0. The summed E-state index contributed by atoms with van der Waals surface area (Å²) in [7, 11) is 0. The number of benzene rings is 2. The van der Waals surface area contributed by atoms with E-state index in [2.05, 4.69) is 0 Å². The second-order valence-corrected chi connectivity index (χ2v) is 5.09. The summed E-state index contributed by atoms with van der Waals surface area (Å²) in [6.07, 6.45) is -0.704. The summed E-state index contributed by atoms with van der Waals surface area (Å²) in [5.74, 6) is -3.61. The maximum absolute atomic E-state index is 13.9. The number of hydrogen-bond acceptors (Lipinski definition) is 1. The predicted octanol–water partition coefficient (Wildman–Crippen LogP) is 4.45. The van der Waals surface area contributed by atoms with Crippen molar-refractivity contribution in [3.05, 3.63) is 70.8 Å². The standard InChI is InChI=1S/C15H9ClF4O/c16-7-15(10-3-2-9(17)6-12(10)19)14(21-15)8-1-4-11(18)13(20)5-8/h1-6,14H,7H2. The molecule has 3 rings (SSSR count). The van der Waals surface area contributed by atoms with Gasteiger partial charge in [-0.15, -0.1) is 11.6 Å². The quantitative estimate of drug-likeness (QED) is 0.463. The first kappa shape index (κ1) is 14.4. The lowest BCUT2D eigenvalue weighted by Crippen LogP contribution is -2.15. The molecule has 0 saturated carbocycles. The fourth-order valence-electron chi connectivity index (χ4n) is 2.40. The van der Waals surface area contributed by atoms with Gasteiger partial charge in [0, 0.05) is 11.6 Å². The van der Waals surface area contributed by atoms with Gasteiger partial charge in [-0.3, -0.25) is 0 Å². The van der Waals surface area contributed by atoms with Crippen molar-refractivity contribution in [1.82, 2.24) is 0 Å². The molecule has 0 radical (unpaired) electrons. The van der Waals surface area contributed by atoms with Gasteiger partial charge in [0.1, 0.15) is 23.3 Å². The van der Waals surface area contributed by atoms with Crippen LogP contribution >= 0.6 is 11.6 Å². The first-order valence-corrected chi connectivity index (χ1v) is 6.65. The number of hydrogen-bond donors (Lipinski definition) is 0. The van der Waals surface area contributed by atoms with E-state index in [9.17, 15) is 17.6 Å². The van der Waals surface area contributed by atoms with E-state index in [1.54, 1.807) is 0 Å². The van der Waals surface area contributed by atoms with Crippen molar-refractivity contribution in [2.45, 2.75) is 11.7 Å². The van der Waals surface area contributed by atoms with Gasteiger partial charge >= 0.3 is 0 Å². The molecule has 2 atom stereocenters. The normalized spacial score (nSPS) is 24.1. The van der Waals surface area contributed by atoms with Gasteiger partial charge in [0.15, 0.2) is 11.6 Å². The van der Waals surface area contributed by atoms with E-state index in [4.69, 9.17) is 16.3 Å². The van der Waals surface area contributed by atoms with Crippen LogP contribution in [-0.4, -0.2) is 5.88 Å². The van der Waals surface area contributed by atoms with Crippen LogP contribution in [0.15, 0.2) is 36.4 Å². The van der Waals surface area contributed by atoms with Crippen LogP contribution < -0.4 is 0 Å². The van der Waals surface area contributed by atoms with Crippen LogP contribution in [0.4, 0.5) is 17.6 Å². The minimum absolute atomic E-state index is 0.0913. The second kappa shape index (κ2) is 5.00. The summed E-state index contributed by atoms with van der Waals surface area (Å²) in [4.78, 5) is 0. The van der Waals surface area contributed by atoms with E-state index < -0.39 is 35.0 Å². The Morgan fingerprint density at radius 3 is 2.33 bits per heavy atom. The molecule has 1 saturated heterocycles. The number of rotatable bonds is 3. The molecule has 1 aliphatic heterocycles. The summed E-state index contributed by atoms with van der Waals surface area (Å²) >= 11 is 5.86. The van der Waals surface area contributed by atoms with Gasteiger partial charge in [-0.1, -0.05) is 12.1 Å². The van der Waals surface area contributed by atoms with Gasteiger partial charge < -0.3 is 4.74 Å². The van der Waals surface area contributed by atoms with Gasteiger partial charge in [-0.2, -0.15) is 0 Å². The zero-order chi connectivity index (χ0) is 15.2. The minimum Gasteiger partial charge on any atom is -0.354 e. The van der Waals surface area contributed by atoms with Crippen molar-refractivity contribution >= 4 is 11.6 Å². The largest absolute Gasteiger partial charge is 0.354 e. The highest BCUT2D eigenvalue weighted by molar-refractivity contribution is 6.18. The first-order chi connectivity index (χ1) is 9.98. The van der Waals surface area contributed by atoms with Gasteiger partial charge in [0.2, 0.25) is 0 Å². The number of epoxide rings is 1. The molecule has 6 heteroatoms. The molecule has 1 nitrogen and oxygen atoms in total. The number of halogens is 5. The fraction of sp³-hybridized carbons (Fsp3) is 0.200. The Labute approximate surface area is 123 Å². The molecule has 0 aromatic heterocycles. The highest BCUT2D eigenvalue weighted by atomic mass is 35.5. The van der Waals surface area contributed by atoms with Crippen LogP contribution in [0.1, 0.15) is 17.2 Å². The molecule has 2 aromatic rings. The lowest BCUT2D eigenvalue weighted by molar-refractivity contribution is 0.309. The maximum Gasteiger partial charge on any atom is 0.159 e. The lowest BCUT2D eigenvalue weighted by atomic mass is 9.93. The SMILES string of the molecule is Fc1ccc(C2(CCl)OC2c2ccc(F)c(F)c2)c(F)c1. The van der Waals surface area contributed by atoms with E-state index in [0.717, 1.165) is 24.3 Å². The van der Waals surface area contributed by atoms with Crippen LogP contribution in [-0.2, 0) is 10.3 Å². The monoisotopic (exact) mass is 316 g/mol. The molecular weight excluding hydrogens is 308 g/mol. The summed E-state index contributed by atoms with van der Waals surface area (Å²) in [6, 6.07) is 6.36. The topological polar surface area (TPSA) is 12.5 Å². The summed E-state index contributed by atoms with van der Waals surface area (Å²) in [5, 5.41) is 0. The van der Waals surface area contributed by atoms with Crippen LogP contribution in [0, 0.1) is 23.3 Å². The Kier molecular flexibility index (Phi) is 3.42. The van der Waals surface area contributed by atoms with E-state index in [1.807, 2.05) is 0 Å². The Balaban J connectivity index is 1.99. The fourth-order valence-corrected chi connectivity index (χ4v) is 2.75. The molecular formula is C15H9ClF4O. The van der Waals surface area contributed by atoms with Gasteiger partial charge in [-0.25, -0.2) is 17.6 Å². The van der Waals surface area contributed by atoms with Crippen molar-refractivity contribution < 1.29 is 22.3 Å². The first-order valence-electron chi connectivity index (χ1n) is 6.12. The van der Waals surface area contributed by atoms with E-state index in [-0.39, 0.29) is 11.4 Å². The molecule has 0 N–H and O–H groups in total. The Morgan fingerprint density at radius 2 is 1.71 bits per heavy atom. The van der Waals surface area contributed by atoms with Crippen molar-refractivity contribution in [3.8, 4) is 0 Å². The van der Waals surface area contributed by atoms with E-state index in [1.165, 1.54) is 12.1 Å². The van der Waals surface area contributed by atoms with Crippen molar-refractivity contribution in [2.24, 2.45) is 0 Å². The lowest BCUT2D eigenvalue weighted by Gasteiger charge is -2.11. The molecule has 0 aliphatic carbocycles. The van der Waals surface area contributed by atoms with Crippen molar-refractivity contribution in [1.29, 1.82) is 0 Å². The third-order valence-electron chi connectivity index (χ3n) is 3.53. The third kappa shape index (κ3) is 2.30. The zero-order valence-corrected chi connectivity index (χ0v) is 11.3. The Bertz CT molecular complexity index is 706. The molecule has 21 heavy (non-hydrogen) atoms. The number of alkyl halides is 1. The molecule has 0 bridgehead atoms. The molecule has 1 aliphatic rings. The molecule has 1 fully saturated rings. The second-order valence-electron chi connectivity index (χ2n) is 4.82.